The highest BCUT2D eigenvalue weighted by Crippen LogP contribution is 2.33. The Balaban J connectivity index is 2.42. The number of carbonyl (C=O) groups excluding carboxylic acids is 1. The van der Waals surface area contributed by atoms with Crippen LogP contribution in [0.3, 0.4) is 0 Å². The van der Waals surface area contributed by atoms with E-state index in [9.17, 15) is 4.79 Å². The van der Waals surface area contributed by atoms with E-state index in [2.05, 4.69) is 38.3 Å². The van der Waals surface area contributed by atoms with Crippen LogP contribution in [0.1, 0.15) is 53.4 Å². The molecule has 0 bridgehead atoms. The van der Waals surface area contributed by atoms with E-state index in [1.807, 2.05) is 0 Å². The molecule has 3 unspecified atom stereocenters. The quantitative estimate of drug-likeness (QED) is 0.715. The molecule has 0 aliphatic heterocycles. The first-order valence-electron chi connectivity index (χ1n) is 7.54. The lowest BCUT2D eigenvalue weighted by Crippen LogP contribution is -2.48. The van der Waals surface area contributed by atoms with E-state index in [4.69, 9.17) is 0 Å². The zero-order chi connectivity index (χ0) is 13.5. The van der Waals surface area contributed by atoms with E-state index in [0.29, 0.717) is 24.4 Å². The molecule has 1 aliphatic carbocycles. The van der Waals surface area contributed by atoms with E-state index in [-0.39, 0.29) is 5.91 Å². The first kappa shape index (κ1) is 15.5. The second-order valence-electron chi connectivity index (χ2n) is 6.18. The molecule has 0 aromatic rings. The summed E-state index contributed by atoms with van der Waals surface area (Å²) >= 11 is 0. The van der Waals surface area contributed by atoms with E-state index in [1.165, 1.54) is 12.8 Å². The van der Waals surface area contributed by atoms with Crippen molar-refractivity contribution in [1.29, 1.82) is 0 Å². The van der Waals surface area contributed by atoms with Gasteiger partial charge in [-0.1, -0.05) is 34.1 Å². The molecule has 1 saturated carbocycles. The highest BCUT2D eigenvalue weighted by atomic mass is 16.1. The number of hydrogen-bond donors (Lipinski definition) is 2. The summed E-state index contributed by atoms with van der Waals surface area (Å²) in [6.45, 7) is 10.3. The van der Waals surface area contributed by atoms with Crippen LogP contribution in [0, 0.1) is 17.8 Å². The Bertz CT molecular complexity index is 253. The lowest BCUT2D eigenvalue weighted by atomic mass is 9.74. The molecule has 106 valence electrons. The Kier molecular flexibility index (Phi) is 6.69. The summed E-state index contributed by atoms with van der Waals surface area (Å²) in [5.41, 5.74) is 0. The molecule has 0 aromatic carbocycles. The van der Waals surface area contributed by atoms with Crippen molar-refractivity contribution in [2.45, 2.75) is 59.4 Å². The third-order valence-corrected chi connectivity index (χ3v) is 4.08. The molecular weight excluding hydrogens is 224 g/mol. The molecule has 3 nitrogen and oxygen atoms in total. The molecule has 1 fully saturated rings. The van der Waals surface area contributed by atoms with Gasteiger partial charge in [0.1, 0.15) is 0 Å². The van der Waals surface area contributed by atoms with Crippen LogP contribution in [0.15, 0.2) is 0 Å². The molecule has 0 saturated heterocycles. The van der Waals surface area contributed by atoms with Gasteiger partial charge in [-0.25, -0.2) is 0 Å². The molecule has 1 amide bonds. The standard InChI is InChI=1S/C15H30N2O/c1-5-8-16-10-15(18)17-14-9-12(4)6-7-13(14)11(2)3/h11-14,16H,5-10H2,1-4H3,(H,17,18). The molecule has 18 heavy (non-hydrogen) atoms. The van der Waals surface area contributed by atoms with Gasteiger partial charge in [-0.2, -0.15) is 0 Å². The Labute approximate surface area is 112 Å². The Morgan fingerprint density at radius 2 is 2.06 bits per heavy atom. The predicted molar refractivity (Wildman–Crippen MR) is 76.4 cm³/mol. The van der Waals surface area contributed by atoms with E-state index in [1.54, 1.807) is 0 Å². The van der Waals surface area contributed by atoms with Crippen LogP contribution < -0.4 is 10.6 Å². The van der Waals surface area contributed by atoms with Gasteiger partial charge in [0.25, 0.3) is 0 Å². The topological polar surface area (TPSA) is 41.1 Å². The second-order valence-corrected chi connectivity index (χ2v) is 6.18. The molecule has 0 aromatic heterocycles. The Hall–Kier alpha value is -0.570. The molecule has 1 aliphatic rings. The van der Waals surface area contributed by atoms with Crippen LogP contribution in [0.4, 0.5) is 0 Å². The predicted octanol–water partition coefficient (Wildman–Crippen LogP) is 2.56. The minimum Gasteiger partial charge on any atom is -0.352 e. The maximum absolute atomic E-state index is 11.9. The third-order valence-electron chi connectivity index (χ3n) is 4.08. The van der Waals surface area contributed by atoms with E-state index >= 15 is 0 Å². The SMILES string of the molecule is CCCNCC(=O)NC1CC(C)CCC1C(C)C. The van der Waals surface area contributed by atoms with Gasteiger partial charge in [0, 0.05) is 6.04 Å². The number of carbonyl (C=O) groups is 1. The zero-order valence-corrected chi connectivity index (χ0v) is 12.5. The van der Waals surface area contributed by atoms with Crippen molar-refractivity contribution in [1.82, 2.24) is 10.6 Å². The number of rotatable bonds is 6. The van der Waals surface area contributed by atoms with Gasteiger partial charge in [0.2, 0.25) is 5.91 Å². The highest BCUT2D eigenvalue weighted by molar-refractivity contribution is 5.78. The van der Waals surface area contributed by atoms with Gasteiger partial charge in [-0.15, -0.1) is 0 Å². The smallest absolute Gasteiger partial charge is 0.234 e. The number of nitrogens with one attached hydrogen (secondary N) is 2. The average molecular weight is 254 g/mol. The summed E-state index contributed by atoms with van der Waals surface area (Å²) in [5.74, 6) is 2.21. The number of amides is 1. The minimum atomic E-state index is 0.160. The lowest BCUT2D eigenvalue weighted by Gasteiger charge is -2.37. The third kappa shape index (κ3) is 4.97. The normalized spacial score (nSPS) is 28.4. The maximum atomic E-state index is 11.9. The summed E-state index contributed by atoms with van der Waals surface area (Å²) < 4.78 is 0. The van der Waals surface area contributed by atoms with Crippen molar-refractivity contribution in [2.75, 3.05) is 13.1 Å². The summed E-state index contributed by atoms with van der Waals surface area (Å²) in [5, 5.41) is 6.41. The second kappa shape index (κ2) is 7.78. The van der Waals surface area contributed by atoms with Crippen LogP contribution in [0.2, 0.25) is 0 Å². The molecule has 0 spiro atoms. The van der Waals surface area contributed by atoms with Crippen LogP contribution in [0.25, 0.3) is 0 Å². The van der Waals surface area contributed by atoms with Gasteiger partial charge < -0.3 is 10.6 Å². The van der Waals surface area contributed by atoms with E-state index in [0.717, 1.165) is 25.3 Å². The van der Waals surface area contributed by atoms with Crippen LogP contribution >= 0.6 is 0 Å². The van der Waals surface area contributed by atoms with E-state index < -0.39 is 0 Å². The molecule has 0 radical (unpaired) electrons. The molecule has 1 rings (SSSR count). The number of hydrogen-bond acceptors (Lipinski definition) is 2. The van der Waals surface area contributed by atoms with Crippen LogP contribution in [-0.4, -0.2) is 25.0 Å². The van der Waals surface area contributed by atoms with Crippen LogP contribution in [-0.2, 0) is 4.79 Å². The summed E-state index contributed by atoms with van der Waals surface area (Å²) in [6.07, 6.45) is 4.78. The van der Waals surface area contributed by atoms with Crippen molar-refractivity contribution < 1.29 is 4.79 Å². The summed E-state index contributed by atoms with van der Waals surface area (Å²) in [7, 11) is 0. The van der Waals surface area contributed by atoms with Crippen LogP contribution in [0.5, 0.6) is 0 Å². The lowest BCUT2D eigenvalue weighted by molar-refractivity contribution is -0.121. The molecule has 3 heteroatoms. The minimum absolute atomic E-state index is 0.160. The van der Waals surface area contributed by atoms with Crippen molar-refractivity contribution >= 4 is 5.91 Å². The van der Waals surface area contributed by atoms with Gasteiger partial charge in [-0.3, -0.25) is 4.79 Å². The van der Waals surface area contributed by atoms with Crippen molar-refractivity contribution in [2.24, 2.45) is 17.8 Å². The fourth-order valence-electron chi connectivity index (χ4n) is 3.00. The fraction of sp³-hybridized carbons (Fsp3) is 0.933. The van der Waals surface area contributed by atoms with Crippen molar-refractivity contribution in [3.8, 4) is 0 Å². The Morgan fingerprint density at radius 1 is 1.33 bits per heavy atom. The highest BCUT2D eigenvalue weighted by Gasteiger charge is 2.31. The summed E-state index contributed by atoms with van der Waals surface area (Å²) in [6, 6.07) is 0.379. The van der Waals surface area contributed by atoms with Gasteiger partial charge in [0.05, 0.1) is 6.54 Å². The average Bonchev–Trinajstić information content (AvgIpc) is 2.29. The fourth-order valence-corrected chi connectivity index (χ4v) is 3.00. The maximum Gasteiger partial charge on any atom is 0.234 e. The molecule has 2 N–H and O–H groups in total. The molecule has 3 atom stereocenters. The Morgan fingerprint density at radius 3 is 2.67 bits per heavy atom. The largest absolute Gasteiger partial charge is 0.352 e. The zero-order valence-electron chi connectivity index (χ0n) is 12.5. The first-order valence-corrected chi connectivity index (χ1v) is 7.54. The van der Waals surface area contributed by atoms with Crippen molar-refractivity contribution in [3.63, 3.8) is 0 Å². The summed E-state index contributed by atoms with van der Waals surface area (Å²) in [4.78, 5) is 11.9. The molecular formula is C15H30N2O. The van der Waals surface area contributed by atoms with Crippen molar-refractivity contribution in [3.05, 3.63) is 0 Å². The van der Waals surface area contributed by atoms with Gasteiger partial charge in [0.15, 0.2) is 0 Å². The van der Waals surface area contributed by atoms with Gasteiger partial charge in [-0.05, 0) is 43.6 Å². The monoisotopic (exact) mass is 254 g/mol. The van der Waals surface area contributed by atoms with Gasteiger partial charge >= 0.3 is 0 Å². The molecule has 0 heterocycles. The first-order chi connectivity index (χ1) is 8.54.